The molecular formula is C22H27FN2O3. The van der Waals surface area contributed by atoms with Crippen molar-refractivity contribution < 1.29 is 18.7 Å². The second-order valence-electron chi connectivity index (χ2n) is 8.50. The lowest BCUT2D eigenvalue weighted by Crippen LogP contribution is -2.39. The molecule has 2 aliphatic rings. The van der Waals surface area contributed by atoms with Crippen LogP contribution in [0, 0.1) is 5.82 Å². The zero-order chi connectivity index (χ0) is 20.8. The van der Waals surface area contributed by atoms with Crippen LogP contribution in [0.1, 0.15) is 68.1 Å². The van der Waals surface area contributed by atoms with Crippen molar-refractivity contribution in [3.8, 4) is 0 Å². The van der Waals surface area contributed by atoms with E-state index in [0.717, 1.165) is 27.8 Å². The molecule has 1 aromatic carbocycles. The van der Waals surface area contributed by atoms with E-state index in [9.17, 15) is 9.59 Å². The molecule has 5 nitrogen and oxygen atoms in total. The highest BCUT2D eigenvalue weighted by atomic mass is 19.1. The van der Waals surface area contributed by atoms with Crippen molar-refractivity contribution in [1.29, 1.82) is 0 Å². The number of fused-ring (bicyclic) bond motifs is 1. The van der Waals surface area contributed by atoms with Crippen LogP contribution in [0.25, 0.3) is 11.1 Å². The Morgan fingerprint density at radius 3 is 2.50 bits per heavy atom. The molecule has 0 atom stereocenters. The van der Waals surface area contributed by atoms with Crippen molar-refractivity contribution in [2.45, 2.75) is 53.1 Å². The second-order valence-corrected chi connectivity index (χ2v) is 8.50. The summed E-state index contributed by atoms with van der Waals surface area (Å²) < 4.78 is 20.6. The van der Waals surface area contributed by atoms with Crippen LogP contribution < -0.4 is 5.73 Å². The summed E-state index contributed by atoms with van der Waals surface area (Å²) in [6, 6.07) is 1.23. The molecule has 2 amide bonds. The highest BCUT2D eigenvalue weighted by molar-refractivity contribution is 5.99. The molecule has 0 saturated carbocycles. The minimum atomic E-state index is -0.628. The Hall–Kier alpha value is -2.63. The Balaban J connectivity index is 2.03. The van der Waals surface area contributed by atoms with E-state index in [0.29, 0.717) is 24.9 Å². The van der Waals surface area contributed by atoms with Gasteiger partial charge >= 0.3 is 6.09 Å². The third-order valence-corrected chi connectivity index (χ3v) is 5.23. The van der Waals surface area contributed by atoms with E-state index in [1.165, 1.54) is 6.07 Å². The van der Waals surface area contributed by atoms with Gasteiger partial charge in [-0.25, -0.2) is 9.18 Å². The monoisotopic (exact) mass is 386 g/mol. The summed E-state index contributed by atoms with van der Waals surface area (Å²) in [4.78, 5) is 25.9. The lowest BCUT2D eigenvalue weighted by Gasteiger charge is -2.31. The summed E-state index contributed by atoms with van der Waals surface area (Å²) in [7, 11) is 0. The van der Waals surface area contributed by atoms with Gasteiger partial charge in [0.2, 0.25) is 5.91 Å². The minimum absolute atomic E-state index is 0.229. The van der Waals surface area contributed by atoms with Crippen molar-refractivity contribution in [3.05, 3.63) is 45.8 Å². The maximum Gasteiger partial charge on any atom is 0.410 e. The average molecular weight is 386 g/mol. The Morgan fingerprint density at radius 2 is 1.89 bits per heavy atom. The van der Waals surface area contributed by atoms with Gasteiger partial charge in [0.1, 0.15) is 11.4 Å². The molecule has 0 aromatic heterocycles. The normalized spacial score (nSPS) is 16.8. The average Bonchev–Trinajstić information content (AvgIpc) is 2.88. The summed E-state index contributed by atoms with van der Waals surface area (Å²) in [6.45, 7) is 10.1. The van der Waals surface area contributed by atoms with Gasteiger partial charge in [-0.2, -0.15) is 0 Å². The van der Waals surface area contributed by atoms with Gasteiger partial charge in [0.05, 0.1) is 0 Å². The van der Waals surface area contributed by atoms with Crippen LogP contribution in [0.3, 0.4) is 0 Å². The highest BCUT2D eigenvalue weighted by Crippen LogP contribution is 2.41. The fraction of sp³-hybridized carbons (Fsp3) is 0.455. The van der Waals surface area contributed by atoms with Crippen molar-refractivity contribution >= 4 is 23.1 Å². The number of hydrogen-bond donors (Lipinski definition) is 1. The summed E-state index contributed by atoms with van der Waals surface area (Å²) in [6.07, 6.45) is 2.75. The smallest absolute Gasteiger partial charge is 0.410 e. The molecule has 0 saturated heterocycles. The standard InChI is InChI=1S/C22H27FN2O3/c1-12-9-15-16(20(24)26)10-17(23)19(18(15)13(12)2)14-7-6-8-25(11-14)21(27)28-22(3,4)5/h7,10H,6,8-9,11H2,1-5H3,(H2,24,26). The third kappa shape index (κ3) is 3.68. The first kappa shape index (κ1) is 20.1. The number of nitrogens with zero attached hydrogens (tertiary/aromatic N) is 1. The Bertz CT molecular complexity index is 923. The molecule has 1 heterocycles. The van der Waals surface area contributed by atoms with E-state index in [4.69, 9.17) is 10.5 Å². The number of amides is 2. The van der Waals surface area contributed by atoms with E-state index in [-0.39, 0.29) is 12.1 Å². The fourth-order valence-corrected chi connectivity index (χ4v) is 3.84. The zero-order valence-corrected chi connectivity index (χ0v) is 17.1. The van der Waals surface area contributed by atoms with Crippen molar-refractivity contribution in [2.75, 3.05) is 13.1 Å². The number of benzene rings is 1. The molecule has 6 heteroatoms. The van der Waals surface area contributed by atoms with Crippen LogP contribution >= 0.6 is 0 Å². The molecule has 2 N–H and O–H groups in total. The number of halogens is 1. The van der Waals surface area contributed by atoms with E-state index in [1.54, 1.807) is 4.90 Å². The summed E-state index contributed by atoms with van der Waals surface area (Å²) in [5, 5.41) is 0. The van der Waals surface area contributed by atoms with Gasteiger partial charge in [0.15, 0.2) is 0 Å². The maximum atomic E-state index is 15.1. The SMILES string of the molecule is CC1=C(C)c2c(c(C(N)=O)cc(F)c2C2=CCCN(C(=O)OC(C)(C)C)C2)C1. The Morgan fingerprint density at radius 1 is 1.21 bits per heavy atom. The van der Waals surface area contributed by atoms with Crippen molar-refractivity contribution in [2.24, 2.45) is 5.73 Å². The van der Waals surface area contributed by atoms with Gasteiger partial charge in [-0.1, -0.05) is 11.6 Å². The van der Waals surface area contributed by atoms with Crippen LogP contribution in [0.2, 0.25) is 0 Å². The number of carbonyl (C=O) groups is 2. The summed E-state index contributed by atoms with van der Waals surface area (Å²) in [5.74, 6) is -1.11. The molecule has 1 aromatic rings. The minimum Gasteiger partial charge on any atom is -0.444 e. The van der Waals surface area contributed by atoms with Crippen LogP contribution in [0.5, 0.6) is 0 Å². The van der Waals surface area contributed by atoms with Crippen LogP contribution in [0.4, 0.5) is 9.18 Å². The van der Waals surface area contributed by atoms with Crippen LogP contribution in [0.15, 0.2) is 17.7 Å². The largest absolute Gasteiger partial charge is 0.444 e. The molecule has 1 aliphatic carbocycles. The first-order chi connectivity index (χ1) is 13.0. The lowest BCUT2D eigenvalue weighted by molar-refractivity contribution is 0.0273. The lowest BCUT2D eigenvalue weighted by atomic mass is 9.88. The number of rotatable bonds is 2. The maximum absolute atomic E-state index is 15.1. The quantitative estimate of drug-likeness (QED) is 0.824. The molecule has 3 rings (SSSR count). The molecule has 0 unspecified atom stereocenters. The first-order valence-corrected chi connectivity index (χ1v) is 9.49. The molecule has 28 heavy (non-hydrogen) atoms. The van der Waals surface area contributed by atoms with Crippen molar-refractivity contribution in [1.82, 2.24) is 4.90 Å². The highest BCUT2D eigenvalue weighted by Gasteiger charge is 2.31. The summed E-state index contributed by atoms with van der Waals surface area (Å²) in [5.41, 5.74) is 9.88. The predicted octanol–water partition coefficient (Wildman–Crippen LogP) is 4.30. The molecule has 150 valence electrons. The number of nitrogens with two attached hydrogens (primary N) is 1. The number of ether oxygens (including phenoxy) is 1. The van der Waals surface area contributed by atoms with E-state index in [1.807, 2.05) is 40.7 Å². The Labute approximate surface area is 165 Å². The third-order valence-electron chi connectivity index (χ3n) is 5.23. The molecule has 0 radical (unpaired) electrons. The van der Waals surface area contributed by atoms with Gasteiger partial charge in [0, 0.05) is 24.2 Å². The van der Waals surface area contributed by atoms with E-state index >= 15 is 4.39 Å². The van der Waals surface area contributed by atoms with Gasteiger partial charge in [-0.3, -0.25) is 4.79 Å². The number of allylic oxidation sites excluding steroid dienone is 2. The molecule has 1 aliphatic heterocycles. The summed E-state index contributed by atoms with van der Waals surface area (Å²) >= 11 is 0. The molecule has 0 spiro atoms. The van der Waals surface area contributed by atoms with Gasteiger partial charge in [0.25, 0.3) is 0 Å². The number of hydrogen-bond acceptors (Lipinski definition) is 3. The van der Waals surface area contributed by atoms with E-state index < -0.39 is 23.4 Å². The fourth-order valence-electron chi connectivity index (χ4n) is 3.84. The zero-order valence-electron chi connectivity index (χ0n) is 17.1. The van der Waals surface area contributed by atoms with E-state index in [2.05, 4.69) is 0 Å². The Kier molecular flexibility index (Phi) is 5.08. The molecule has 0 bridgehead atoms. The van der Waals surface area contributed by atoms with Crippen molar-refractivity contribution in [3.63, 3.8) is 0 Å². The van der Waals surface area contributed by atoms with Crippen LogP contribution in [-0.2, 0) is 11.2 Å². The number of primary amides is 1. The second kappa shape index (κ2) is 7.08. The van der Waals surface area contributed by atoms with Gasteiger partial charge in [-0.05, 0) is 75.8 Å². The van der Waals surface area contributed by atoms with Gasteiger partial charge < -0.3 is 15.4 Å². The molecule has 0 fully saturated rings. The number of carbonyl (C=O) groups excluding carboxylic acids is 2. The predicted molar refractivity (Wildman–Crippen MR) is 107 cm³/mol. The molecular weight excluding hydrogens is 359 g/mol. The van der Waals surface area contributed by atoms with Gasteiger partial charge in [-0.15, -0.1) is 0 Å². The first-order valence-electron chi connectivity index (χ1n) is 9.49. The van der Waals surface area contributed by atoms with Crippen LogP contribution in [-0.4, -0.2) is 35.6 Å². The topological polar surface area (TPSA) is 72.6 Å².